The Hall–Kier alpha value is -2.15. The summed E-state index contributed by atoms with van der Waals surface area (Å²) in [6.45, 7) is 4.87. The number of carbonyl (C=O) groups is 3. The molecule has 274 valence electrons. The lowest BCUT2D eigenvalue weighted by molar-refractivity contribution is -0.147. The molecular formula is C40H74N2O5. The van der Waals surface area contributed by atoms with Crippen molar-refractivity contribution < 1.29 is 24.2 Å². The first-order valence-electron chi connectivity index (χ1n) is 19.7. The van der Waals surface area contributed by atoms with Crippen LogP contribution in [-0.2, 0) is 19.1 Å². The zero-order chi connectivity index (χ0) is 34.6. The Morgan fingerprint density at radius 2 is 1.17 bits per heavy atom. The maximum Gasteiger partial charge on any atom is 0.326 e. The smallest absolute Gasteiger partial charge is 0.326 e. The number of hydrogen-bond donors (Lipinski definition) is 3. The van der Waals surface area contributed by atoms with Gasteiger partial charge in [-0.2, -0.15) is 0 Å². The number of unbranched alkanes of at least 4 members (excludes halogenated alkanes) is 19. The fraction of sp³-hybridized carbons (Fsp3) is 0.825. The summed E-state index contributed by atoms with van der Waals surface area (Å²) in [5.41, 5.74) is 5.47. The summed E-state index contributed by atoms with van der Waals surface area (Å²) < 4.78 is 5.88. The van der Waals surface area contributed by atoms with E-state index in [0.717, 1.165) is 51.4 Å². The second kappa shape index (κ2) is 35.2. The second-order valence-corrected chi connectivity index (χ2v) is 13.3. The van der Waals surface area contributed by atoms with Crippen LogP contribution in [0.15, 0.2) is 24.3 Å². The van der Waals surface area contributed by atoms with E-state index in [1.54, 1.807) is 0 Å². The fourth-order valence-corrected chi connectivity index (χ4v) is 5.74. The highest BCUT2D eigenvalue weighted by Crippen LogP contribution is 2.16. The van der Waals surface area contributed by atoms with E-state index >= 15 is 0 Å². The SMILES string of the molecule is CCCC/C=C\C/C=C\C(CCCCCCC(=O)NC(CCCN)C(=O)O)OC(=O)CCCCCCCCCCCCCCCCC. The maximum absolute atomic E-state index is 12.6. The number of carbonyl (C=O) groups excluding carboxylic acids is 2. The maximum atomic E-state index is 12.6. The monoisotopic (exact) mass is 663 g/mol. The molecule has 0 aliphatic heterocycles. The lowest BCUT2D eigenvalue weighted by Crippen LogP contribution is -2.40. The van der Waals surface area contributed by atoms with E-state index in [1.165, 1.54) is 96.3 Å². The highest BCUT2D eigenvalue weighted by molar-refractivity contribution is 5.83. The van der Waals surface area contributed by atoms with Gasteiger partial charge in [-0.1, -0.05) is 148 Å². The number of esters is 1. The Morgan fingerprint density at radius 3 is 1.72 bits per heavy atom. The fourth-order valence-electron chi connectivity index (χ4n) is 5.74. The van der Waals surface area contributed by atoms with Gasteiger partial charge in [-0.05, 0) is 64.0 Å². The molecule has 0 aliphatic rings. The number of rotatable bonds is 35. The van der Waals surface area contributed by atoms with Gasteiger partial charge in [0.15, 0.2) is 0 Å². The van der Waals surface area contributed by atoms with Crippen molar-refractivity contribution in [3.05, 3.63) is 24.3 Å². The number of allylic oxidation sites excluding steroid dienone is 3. The second-order valence-electron chi connectivity index (χ2n) is 13.3. The highest BCUT2D eigenvalue weighted by Gasteiger charge is 2.19. The summed E-state index contributed by atoms with van der Waals surface area (Å²) in [5.74, 6) is -1.35. The topological polar surface area (TPSA) is 119 Å². The van der Waals surface area contributed by atoms with Gasteiger partial charge in [0.1, 0.15) is 12.1 Å². The van der Waals surface area contributed by atoms with Crippen LogP contribution >= 0.6 is 0 Å². The molecular weight excluding hydrogens is 588 g/mol. The molecule has 7 heteroatoms. The number of aliphatic carboxylic acids is 1. The van der Waals surface area contributed by atoms with Gasteiger partial charge in [0, 0.05) is 12.8 Å². The van der Waals surface area contributed by atoms with Crippen LogP contribution in [0.3, 0.4) is 0 Å². The van der Waals surface area contributed by atoms with Gasteiger partial charge in [0.25, 0.3) is 0 Å². The molecule has 0 aromatic rings. The molecule has 0 radical (unpaired) electrons. The lowest BCUT2D eigenvalue weighted by Gasteiger charge is -2.15. The van der Waals surface area contributed by atoms with Crippen molar-refractivity contribution in [2.45, 2.75) is 206 Å². The Kier molecular flexibility index (Phi) is 33.6. The van der Waals surface area contributed by atoms with Gasteiger partial charge in [-0.25, -0.2) is 4.79 Å². The van der Waals surface area contributed by atoms with Gasteiger partial charge in [-0.3, -0.25) is 9.59 Å². The molecule has 2 atom stereocenters. The number of carboxylic acids is 1. The molecule has 0 aliphatic carbocycles. The van der Waals surface area contributed by atoms with Crippen molar-refractivity contribution in [2.75, 3.05) is 6.54 Å². The number of amides is 1. The van der Waals surface area contributed by atoms with Crippen LogP contribution < -0.4 is 11.1 Å². The van der Waals surface area contributed by atoms with Crippen LogP contribution in [0.25, 0.3) is 0 Å². The van der Waals surface area contributed by atoms with Gasteiger partial charge in [0.05, 0.1) is 0 Å². The molecule has 0 saturated carbocycles. The quantitative estimate of drug-likeness (QED) is 0.0353. The predicted molar refractivity (Wildman–Crippen MR) is 197 cm³/mol. The third kappa shape index (κ3) is 32.2. The molecule has 0 rings (SSSR count). The molecule has 1 amide bonds. The van der Waals surface area contributed by atoms with Crippen molar-refractivity contribution in [3.63, 3.8) is 0 Å². The van der Waals surface area contributed by atoms with E-state index < -0.39 is 12.0 Å². The van der Waals surface area contributed by atoms with Gasteiger partial charge >= 0.3 is 11.9 Å². The van der Waals surface area contributed by atoms with E-state index in [1.807, 2.05) is 6.08 Å². The van der Waals surface area contributed by atoms with E-state index in [2.05, 4.69) is 37.4 Å². The first-order chi connectivity index (χ1) is 22.9. The molecule has 4 N–H and O–H groups in total. The average Bonchev–Trinajstić information content (AvgIpc) is 3.05. The third-order valence-electron chi connectivity index (χ3n) is 8.75. The summed E-state index contributed by atoms with van der Waals surface area (Å²) in [6.07, 6.45) is 38.1. The molecule has 0 aromatic heterocycles. The Bertz CT molecular complexity index is 797. The van der Waals surface area contributed by atoms with Crippen molar-refractivity contribution in [2.24, 2.45) is 5.73 Å². The van der Waals surface area contributed by atoms with Crippen LogP contribution in [-0.4, -0.2) is 41.6 Å². The van der Waals surface area contributed by atoms with Crippen LogP contribution in [0.5, 0.6) is 0 Å². The molecule has 0 heterocycles. The summed E-state index contributed by atoms with van der Waals surface area (Å²) in [4.78, 5) is 36.2. The molecule has 0 spiro atoms. The van der Waals surface area contributed by atoms with E-state index in [9.17, 15) is 19.5 Å². The van der Waals surface area contributed by atoms with Crippen LogP contribution in [0.2, 0.25) is 0 Å². The molecule has 0 aromatic carbocycles. The van der Waals surface area contributed by atoms with Crippen molar-refractivity contribution in [3.8, 4) is 0 Å². The number of ether oxygens (including phenoxy) is 1. The van der Waals surface area contributed by atoms with E-state index in [0.29, 0.717) is 38.6 Å². The summed E-state index contributed by atoms with van der Waals surface area (Å²) in [7, 11) is 0. The minimum absolute atomic E-state index is 0.105. The number of nitrogens with one attached hydrogen (secondary N) is 1. The zero-order valence-corrected chi connectivity index (χ0v) is 30.6. The Balaban J connectivity index is 4.24. The standard InChI is InChI=1S/C40H74N2O5/c1-3-5-7-9-11-12-13-14-15-16-17-18-20-22-28-34-39(44)47-36(30-25-21-19-10-8-6-4-2)31-26-23-24-27-33-38(43)42-37(40(45)46)32-29-35-41/h10,19,25,30,36-37H,3-9,11-18,20-24,26-29,31-35,41H2,1-2H3,(H,42,43)(H,45,46)/b19-10-,30-25-. The predicted octanol–water partition coefficient (Wildman–Crippen LogP) is 10.5. The first kappa shape index (κ1) is 44.9. The number of nitrogens with two attached hydrogens (primary N) is 1. The molecule has 0 fully saturated rings. The molecule has 0 saturated heterocycles. The zero-order valence-electron chi connectivity index (χ0n) is 30.6. The number of carboxylic acid groups (broad SMARTS) is 1. The summed E-state index contributed by atoms with van der Waals surface area (Å²) in [5, 5.41) is 11.9. The van der Waals surface area contributed by atoms with Gasteiger partial charge in [0.2, 0.25) is 5.91 Å². The first-order valence-corrected chi connectivity index (χ1v) is 19.7. The van der Waals surface area contributed by atoms with Crippen molar-refractivity contribution in [1.82, 2.24) is 5.32 Å². The Morgan fingerprint density at radius 1 is 0.638 bits per heavy atom. The van der Waals surface area contributed by atoms with Crippen molar-refractivity contribution >= 4 is 17.8 Å². The third-order valence-corrected chi connectivity index (χ3v) is 8.75. The minimum atomic E-state index is -1.02. The van der Waals surface area contributed by atoms with Crippen LogP contribution in [0.4, 0.5) is 0 Å². The normalized spacial score (nSPS) is 12.9. The largest absolute Gasteiger partial charge is 0.480 e. The van der Waals surface area contributed by atoms with E-state index in [4.69, 9.17) is 10.5 Å². The van der Waals surface area contributed by atoms with E-state index in [-0.39, 0.29) is 18.0 Å². The molecule has 7 nitrogen and oxygen atoms in total. The molecule has 47 heavy (non-hydrogen) atoms. The highest BCUT2D eigenvalue weighted by atomic mass is 16.5. The van der Waals surface area contributed by atoms with Crippen LogP contribution in [0, 0.1) is 0 Å². The lowest BCUT2D eigenvalue weighted by atomic mass is 10.0. The summed E-state index contributed by atoms with van der Waals surface area (Å²) >= 11 is 0. The minimum Gasteiger partial charge on any atom is -0.480 e. The Labute approximate surface area is 289 Å². The summed E-state index contributed by atoms with van der Waals surface area (Å²) in [6, 6.07) is -0.871. The van der Waals surface area contributed by atoms with Crippen molar-refractivity contribution in [1.29, 1.82) is 0 Å². The number of hydrogen-bond acceptors (Lipinski definition) is 5. The molecule has 2 unspecified atom stereocenters. The van der Waals surface area contributed by atoms with Gasteiger partial charge in [-0.15, -0.1) is 0 Å². The van der Waals surface area contributed by atoms with Crippen LogP contribution in [0.1, 0.15) is 194 Å². The average molecular weight is 663 g/mol. The molecule has 0 bridgehead atoms. The van der Waals surface area contributed by atoms with Gasteiger partial charge < -0.3 is 20.9 Å².